The van der Waals surface area contributed by atoms with Gasteiger partial charge in [0.05, 0.1) is 5.52 Å². The highest BCUT2D eigenvalue weighted by atomic mass is 15.0. The number of hydrogen-bond donors (Lipinski definition) is 2. The summed E-state index contributed by atoms with van der Waals surface area (Å²) in [5.41, 5.74) is 3.17. The Morgan fingerprint density at radius 1 is 1.44 bits per heavy atom. The Balaban J connectivity index is 2.11. The van der Waals surface area contributed by atoms with Gasteiger partial charge in [0, 0.05) is 18.2 Å². The third-order valence-electron chi connectivity index (χ3n) is 3.41. The average molecular weight is 216 g/mol. The molecular formula is C12H16N4. The lowest BCUT2D eigenvalue weighted by atomic mass is 9.89. The van der Waals surface area contributed by atoms with Crippen LogP contribution >= 0.6 is 0 Å². The smallest absolute Gasteiger partial charge is 0.177 e. The van der Waals surface area contributed by atoms with Gasteiger partial charge in [-0.25, -0.2) is 9.97 Å². The van der Waals surface area contributed by atoms with E-state index in [4.69, 9.17) is 0 Å². The molecule has 0 aliphatic carbocycles. The number of aromatic amines is 1. The molecule has 2 aromatic heterocycles. The quantitative estimate of drug-likeness (QED) is 0.760. The number of aromatic nitrogens is 3. The monoisotopic (exact) mass is 216 g/mol. The van der Waals surface area contributed by atoms with Crippen LogP contribution in [-0.2, 0) is 5.41 Å². The standard InChI is InChI=1S/C12H16N4/c1-8-5-9-10(14-6-8)16-11(15-9)12(2)3-4-13-7-12/h5-6,13H,3-4,7H2,1-2H3,(H,14,15,16). The number of aryl methyl sites for hydroxylation is 1. The van der Waals surface area contributed by atoms with Crippen LogP contribution in [0.1, 0.15) is 24.7 Å². The molecule has 0 bridgehead atoms. The second-order valence-corrected chi connectivity index (χ2v) is 4.96. The predicted octanol–water partition coefficient (Wildman–Crippen LogP) is 1.52. The van der Waals surface area contributed by atoms with Crippen LogP contribution in [0, 0.1) is 6.92 Å². The normalized spacial score (nSPS) is 25.4. The molecule has 0 spiro atoms. The fourth-order valence-electron chi connectivity index (χ4n) is 2.31. The van der Waals surface area contributed by atoms with Crippen LogP contribution in [0.15, 0.2) is 12.3 Å². The first kappa shape index (κ1) is 9.78. The molecule has 1 aliphatic rings. The summed E-state index contributed by atoms with van der Waals surface area (Å²) >= 11 is 0. The second kappa shape index (κ2) is 3.28. The van der Waals surface area contributed by atoms with Crippen LogP contribution in [0.4, 0.5) is 0 Å². The van der Waals surface area contributed by atoms with Crippen molar-refractivity contribution in [2.24, 2.45) is 0 Å². The van der Waals surface area contributed by atoms with Crippen molar-refractivity contribution < 1.29 is 0 Å². The number of fused-ring (bicyclic) bond motifs is 1. The van der Waals surface area contributed by atoms with E-state index in [0.717, 1.165) is 42.1 Å². The van der Waals surface area contributed by atoms with Crippen LogP contribution in [0.3, 0.4) is 0 Å². The van der Waals surface area contributed by atoms with E-state index in [2.05, 4.69) is 33.3 Å². The van der Waals surface area contributed by atoms with Gasteiger partial charge in [-0.3, -0.25) is 0 Å². The zero-order chi connectivity index (χ0) is 11.2. The zero-order valence-corrected chi connectivity index (χ0v) is 9.67. The molecule has 0 aromatic carbocycles. The molecule has 1 atom stereocenters. The lowest BCUT2D eigenvalue weighted by Crippen LogP contribution is -2.26. The highest BCUT2D eigenvalue weighted by Gasteiger charge is 2.33. The molecule has 1 unspecified atom stereocenters. The van der Waals surface area contributed by atoms with Gasteiger partial charge in [-0.1, -0.05) is 6.92 Å². The summed E-state index contributed by atoms with van der Waals surface area (Å²) < 4.78 is 0. The minimum Gasteiger partial charge on any atom is -0.340 e. The summed E-state index contributed by atoms with van der Waals surface area (Å²) in [6.45, 7) is 6.36. The van der Waals surface area contributed by atoms with E-state index in [-0.39, 0.29) is 5.41 Å². The number of nitrogens with zero attached hydrogens (tertiary/aromatic N) is 2. The molecule has 4 nitrogen and oxygen atoms in total. The largest absolute Gasteiger partial charge is 0.340 e. The van der Waals surface area contributed by atoms with E-state index in [1.54, 1.807) is 0 Å². The Hall–Kier alpha value is -1.42. The molecule has 0 saturated carbocycles. The van der Waals surface area contributed by atoms with Gasteiger partial charge in [-0.15, -0.1) is 0 Å². The van der Waals surface area contributed by atoms with Gasteiger partial charge < -0.3 is 10.3 Å². The third kappa shape index (κ3) is 1.41. The number of hydrogen-bond acceptors (Lipinski definition) is 3. The van der Waals surface area contributed by atoms with Gasteiger partial charge in [0.25, 0.3) is 0 Å². The highest BCUT2D eigenvalue weighted by Crippen LogP contribution is 2.28. The molecule has 1 fully saturated rings. The summed E-state index contributed by atoms with van der Waals surface area (Å²) in [6.07, 6.45) is 2.99. The highest BCUT2D eigenvalue weighted by molar-refractivity contribution is 5.71. The lowest BCUT2D eigenvalue weighted by Gasteiger charge is -2.18. The Bertz CT molecular complexity index is 523. The summed E-state index contributed by atoms with van der Waals surface area (Å²) in [7, 11) is 0. The zero-order valence-electron chi connectivity index (χ0n) is 9.67. The average Bonchev–Trinajstić information content (AvgIpc) is 2.84. The van der Waals surface area contributed by atoms with Crippen molar-refractivity contribution in [2.75, 3.05) is 13.1 Å². The Morgan fingerprint density at radius 2 is 2.31 bits per heavy atom. The summed E-state index contributed by atoms with van der Waals surface area (Å²) in [6, 6.07) is 2.10. The molecule has 84 valence electrons. The van der Waals surface area contributed by atoms with Crippen molar-refractivity contribution in [1.82, 2.24) is 20.3 Å². The molecule has 2 aromatic rings. The van der Waals surface area contributed by atoms with Crippen molar-refractivity contribution in [3.8, 4) is 0 Å². The van der Waals surface area contributed by atoms with Crippen LogP contribution in [0.25, 0.3) is 11.2 Å². The summed E-state index contributed by atoms with van der Waals surface area (Å²) in [5, 5.41) is 3.39. The number of nitrogens with one attached hydrogen (secondary N) is 2. The van der Waals surface area contributed by atoms with E-state index in [9.17, 15) is 0 Å². The number of H-pyrrole nitrogens is 1. The Labute approximate surface area is 94.5 Å². The first-order chi connectivity index (χ1) is 7.67. The summed E-state index contributed by atoms with van der Waals surface area (Å²) in [5.74, 6) is 1.06. The third-order valence-corrected chi connectivity index (χ3v) is 3.41. The molecule has 4 heteroatoms. The van der Waals surface area contributed by atoms with Gasteiger partial charge in [-0.2, -0.15) is 0 Å². The van der Waals surface area contributed by atoms with E-state index in [1.807, 2.05) is 13.1 Å². The topological polar surface area (TPSA) is 53.6 Å². The van der Waals surface area contributed by atoms with Crippen LogP contribution in [0.5, 0.6) is 0 Å². The van der Waals surface area contributed by atoms with Gasteiger partial charge in [0.2, 0.25) is 0 Å². The first-order valence-corrected chi connectivity index (χ1v) is 5.71. The summed E-state index contributed by atoms with van der Waals surface area (Å²) in [4.78, 5) is 12.3. The van der Waals surface area contributed by atoms with Gasteiger partial charge >= 0.3 is 0 Å². The minimum atomic E-state index is 0.134. The van der Waals surface area contributed by atoms with Gasteiger partial charge in [-0.05, 0) is 31.5 Å². The Kier molecular flexibility index (Phi) is 2.01. The maximum Gasteiger partial charge on any atom is 0.177 e. The van der Waals surface area contributed by atoms with Crippen LogP contribution < -0.4 is 5.32 Å². The predicted molar refractivity (Wildman–Crippen MR) is 63.5 cm³/mol. The van der Waals surface area contributed by atoms with Crippen molar-refractivity contribution in [2.45, 2.75) is 25.7 Å². The van der Waals surface area contributed by atoms with E-state index in [1.165, 1.54) is 0 Å². The van der Waals surface area contributed by atoms with Crippen molar-refractivity contribution in [3.05, 3.63) is 23.7 Å². The molecule has 3 heterocycles. The second-order valence-electron chi connectivity index (χ2n) is 4.96. The molecule has 1 aliphatic heterocycles. The first-order valence-electron chi connectivity index (χ1n) is 5.71. The van der Waals surface area contributed by atoms with E-state index in [0.29, 0.717) is 0 Å². The van der Waals surface area contributed by atoms with Crippen LogP contribution in [-0.4, -0.2) is 28.0 Å². The minimum absolute atomic E-state index is 0.134. The molecule has 3 rings (SSSR count). The van der Waals surface area contributed by atoms with Crippen molar-refractivity contribution >= 4 is 11.2 Å². The SMILES string of the molecule is Cc1cnc2nc(C3(C)CCNC3)[nH]c2c1. The molecular weight excluding hydrogens is 200 g/mol. The van der Waals surface area contributed by atoms with Crippen LogP contribution in [0.2, 0.25) is 0 Å². The van der Waals surface area contributed by atoms with Crippen molar-refractivity contribution in [3.63, 3.8) is 0 Å². The maximum atomic E-state index is 4.60. The van der Waals surface area contributed by atoms with Crippen molar-refractivity contribution in [1.29, 1.82) is 0 Å². The lowest BCUT2D eigenvalue weighted by molar-refractivity contribution is 0.496. The fourth-order valence-corrected chi connectivity index (χ4v) is 2.31. The number of pyridine rings is 1. The molecule has 0 radical (unpaired) electrons. The molecule has 16 heavy (non-hydrogen) atoms. The molecule has 1 saturated heterocycles. The molecule has 2 N–H and O–H groups in total. The number of rotatable bonds is 1. The van der Waals surface area contributed by atoms with Gasteiger partial charge in [0.1, 0.15) is 5.82 Å². The maximum absolute atomic E-state index is 4.60. The van der Waals surface area contributed by atoms with E-state index < -0.39 is 0 Å². The molecule has 0 amide bonds. The fraction of sp³-hybridized carbons (Fsp3) is 0.500. The Morgan fingerprint density at radius 3 is 3.06 bits per heavy atom. The number of imidazole rings is 1. The van der Waals surface area contributed by atoms with Gasteiger partial charge in [0.15, 0.2) is 5.65 Å². The van der Waals surface area contributed by atoms with E-state index >= 15 is 0 Å².